The molecule has 2 aliphatic rings. The van der Waals surface area contributed by atoms with Crippen molar-refractivity contribution in [3.8, 4) is 0 Å². The zero-order valence-electron chi connectivity index (χ0n) is 18.9. The Morgan fingerprint density at radius 2 is 1.50 bits per heavy atom. The summed E-state index contributed by atoms with van der Waals surface area (Å²) in [4.78, 5) is 30.5. The molecular weight excluding hydrogens is 492 g/mol. The standard InChI is InChI=1S/C28H25BrN2O3/c1-18-6-2-3-7-23(18)25-24(26(32)19-8-10-20(29)11-9-19)27(33)28(34)31(25)22-14-12-21(13-15-22)30-16-4-5-17-30/h2-3,6-15,25,32H,4-5,16-17H2,1H3/b26-24+. The van der Waals surface area contributed by atoms with E-state index in [4.69, 9.17) is 0 Å². The van der Waals surface area contributed by atoms with Gasteiger partial charge in [0.15, 0.2) is 0 Å². The van der Waals surface area contributed by atoms with E-state index in [0.717, 1.165) is 34.4 Å². The molecule has 3 aromatic rings. The van der Waals surface area contributed by atoms with E-state index in [1.165, 1.54) is 17.7 Å². The molecule has 1 amide bonds. The van der Waals surface area contributed by atoms with Crippen LogP contribution < -0.4 is 9.80 Å². The monoisotopic (exact) mass is 516 g/mol. The Labute approximate surface area is 207 Å². The average molecular weight is 517 g/mol. The second kappa shape index (κ2) is 9.11. The van der Waals surface area contributed by atoms with Crippen molar-refractivity contribution in [3.63, 3.8) is 0 Å². The number of hydrogen-bond donors (Lipinski definition) is 1. The summed E-state index contributed by atoms with van der Waals surface area (Å²) in [5, 5.41) is 11.2. The Morgan fingerprint density at radius 3 is 2.15 bits per heavy atom. The zero-order chi connectivity index (χ0) is 23.8. The molecule has 2 heterocycles. The molecule has 3 aromatic carbocycles. The summed E-state index contributed by atoms with van der Waals surface area (Å²) < 4.78 is 0.859. The van der Waals surface area contributed by atoms with Gasteiger partial charge in [-0.1, -0.05) is 52.3 Å². The van der Waals surface area contributed by atoms with E-state index in [2.05, 4.69) is 20.8 Å². The molecule has 5 nitrogen and oxygen atoms in total. The van der Waals surface area contributed by atoms with Gasteiger partial charge >= 0.3 is 0 Å². The van der Waals surface area contributed by atoms with Crippen molar-refractivity contribution in [1.29, 1.82) is 0 Å². The van der Waals surface area contributed by atoms with Gasteiger partial charge in [0.1, 0.15) is 5.76 Å². The lowest BCUT2D eigenvalue weighted by molar-refractivity contribution is -0.132. The van der Waals surface area contributed by atoms with Crippen molar-refractivity contribution in [2.75, 3.05) is 22.9 Å². The number of benzene rings is 3. The number of aliphatic hydroxyl groups is 1. The van der Waals surface area contributed by atoms with Crippen LogP contribution in [-0.2, 0) is 9.59 Å². The topological polar surface area (TPSA) is 60.9 Å². The molecule has 34 heavy (non-hydrogen) atoms. The van der Waals surface area contributed by atoms with Crippen molar-refractivity contribution < 1.29 is 14.7 Å². The highest BCUT2D eigenvalue weighted by atomic mass is 79.9. The highest BCUT2D eigenvalue weighted by Crippen LogP contribution is 2.43. The van der Waals surface area contributed by atoms with E-state index in [0.29, 0.717) is 11.3 Å². The quantitative estimate of drug-likeness (QED) is 0.263. The lowest BCUT2D eigenvalue weighted by Gasteiger charge is -2.27. The van der Waals surface area contributed by atoms with Gasteiger partial charge in [-0.25, -0.2) is 0 Å². The number of hydrogen-bond acceptors (Lipinski definition) is 4. The van der Waals surface area contributed by atoms with Crippen LogP contribution in [0.5, 0.6) is 0 Å². The first-order valence-corrected chi connectivity index (χ1v) is 12.2. The van der Waals surface area contributed by atoms with Crippen molar-refractivity contribution in [1.82, 2.24) is 0 Å². The molecule has 6 heteroatoms. The van der Waals surface area contributed by atoms with Gasteiger partial charge in [-0.05, 0) is 67.3 Å². The molecule has 1 atom stereocenters. The first-order valence-electron chi connectivity index (χ1n) is 11.4. The Kier molecular flexibility index (Phi) is 6.00. The molecule has 5 rings (SSSR count). The van der Waals surface area contributed by atoms with E-state index in [1.807, 2.05) is 55.5 Å². The number of aliphatic hydroxyl groups excluding tert-OH is 1. The minimum absolute atomic E-state index is 0.102. The average Bonchev–Trinajstić information content (AvgIpc) is 3.47. The zero-order valence-corrected chi connectivity index (χ0v) is 20.5. The first kappa shape index (κ1) is 22.4. The molecule has 0 aromatic heterocycles. The number of anilines is 2. The van der Waals surface area contributed by atoms with Crippen molar-refractivity contribution in [2.45, 2.75) is 25.8 Å². The number of nitrogens with zero attached hydrogens (tertiary/aromatic N) is 2. The highest BCUT2D eigenvalue weighted by molar-refractivity contribution is 9.10. The molecule has 172 valence electrons. The van der Waals surface area contributed by atoms with Crippen molar-refractivity contribution in [3.05, 3.63) is 99.5 Å². The number of carbonyl (C=O) groups excluding carboxylic acids is 2. The van der Waals surface area contributed by atoms with Crippen LogP contribution in [0.15, 0.2) is 82.8 Å². The van der Waals surface area contributed by atoms with Crippen LogP contribution in [0.1, 0.15) is 35.6 Å². The number of aryl methyl sites for hydroxylation is 1. The molecule has 0 aliphatic carbocycles. The molecule has 0 saturated carbocycles. The molecule has 0 radical (unpaired) electrons. The van der Waals surface area contributed by atoms with Crippen LogP contribution >= 0.6 is 15.9 Å². The van der Waals surface area contributed by atoms with Gasteiger partial charge in [0, 0.05) is 34.5 Å². The molecule has 1 N–H and O–H groups in total. The van der Waals surface area contributed by atoms with Gasteiger partial charge in [-0.15, -0.1) is 0 Å². The summed E-state index contributed by atoms with van der Waals surface area (Å²) in [6, 6.07) is 21.8. The number of amides is 1. The highest BCUT2D eigenvalue weighted by Gasteiger charge is 2.47. The predicted octanol–water partition coefficient (Wildman–Crippen LogP) is 5.98. The maximum atomic E-state index is 13.4. The maximum Gasteiger partial charge on any atom is 0.300 e. The second-order valence-electron chi connectivity index (χ2n) is 8.74. The Balaban J connectivity index is 1.64. The first-order chi connectivity index (χ1) is 16.5. The van der Waals surface area contributed by atoms with Crippen LogP contribution in [-0.4, -0.2) is 29.9 Å². The maximum absolute atomic E-state index is 13.4. The van der Waals surface area contributed by atoms with Crippen molar-refractivity contribution >= 4 is 44.8 Å². The molecule has 2 saturated heterocycles. The molecule has 0 spiro atoms. The van der Waals surface area contributed by atoms with Crippen LogP contribution in [0.25, 0.3) is 5.76 Å². The van der Waals surface area contributed by atoms with Crippen LogP contribution in [0.2, 0.25) is 0 Å². The van der Waals surface area contributed by atoms with Gasteiger partial charge in [0.25, 0.3) is 11.7 Å². The molecule has 0 bridgehead atoms. The minimum Gasteiger partial charge on any atom is -0.507 e. The smallest absolute Gasteiger partial charge is 0.300 e. The fraction of sp³-hybridized carbons (Fsp3) is 0.214. The summed E-state index contributed by atoms with van der Waals surface area (Å²) in [5.41, 5.74) is 4.08. The third kappa shape index (κ3) is 3.92. The van der Waals surface area contributed by atoms with Gasteiger partial charge in [0.2, 0.25) is 0 Å². The number of carbonyl (C=O) groups is 2. The number of ketones is 1. The van der Waals surface area contributed by atoms with Crippen LogP contribution in [0.3, 0.4) is 0 Å². The van der Waals surface area contributed by atoms with E-state index in [-0.39, 0.29) is 11.3 Å². The summed E-state index contributed by atoms with van der Waals surface area (Å²) in [6.07, 6.45) is 2.36. The third-order valence-corrected chi connectivity index (χ3v) is 7.17. The molecular formula is C28H25BrN2O3. The van der Waals surface area contributed by atoms with Crippen molar-refractivity contribution in [2.24, 2.45) is 0 Å². The number of Topliss-reactive ketones (excluding diaryl/α,β-unsaturated/α-hetero) is 1. The van der Waals surface area contributed by atoms with E-state index in [1.54, 1.807) is 24.3 Å². The predicted molar refractivity (Wildman–Crippen MR) is 138 cm³/mol. The van der Waals surface area contributed by atoms with Crippen LogP contribution in [0, 0.1) is 6.92 Å². The lowest BCUT2D eigenvalue weighted by Crippen LogP contribution is -2.29. The van der Waals surface area contributed by atoms with Gasteiger partial charge in [-0.2, -0.15) is 0 Å². The largest absolute Gasteiger partial charge is 0.507 e. The van der Waals surface area contributed by atoms with Gasteiger partial charge in [0.05, 0.1) is 11.6 Å². The Morgan fingerprint density at radius 1 is 0.882 bits per heavy atom. The number of halogens is 1. The van der Waals surface area contributed by atoms with E-state index >= 15 is 0 Å². The summed E-state index contributed by atoms with van der Waals surface area (Å²) in [7, 11) is 0. The van der Waals surface area contributed by atoms with E-state index in [9.17, 15) is 14.7 Å². The number of rotatable bonds is 4. The molecule has 2 fully saturated rings. The molecule has 1 unspecified atom stereocenters. The van der Waals surface area contributed by atoms with Crippen LogP contribution in [0.4, 0.5) is 11.4 Å². The van der Waals surface area contributed by atoms with Gasteiger partial charge in [-0.3, -0.25) is 14.5 Å². The Hall–Kier alpha value is -3.38. The lowest BCUT2D eigenvalue weighted by atomic mass is 9.92. The summed E-state index contributed by atoms with van der Waals surface area (Å²) >= 11 is 3.40. The SMILES string of the molecule is Cc1ccccc1C1/C(=C(\O)c2ccc(Br)cc2)C(=O)C(=O)N1c1ccc(N2CCCC2)cc1. The third-order valence-electron chi connectivity index (χ3n) is 6.64. The Bertz CT molecular complexity index is 1280. The molecule has 2 aliphatic heterocycles. The summed E-state index contributed by atoms with van der Waals surface area (Å²) in [6.45, 7) is 4.01. The normalized spacial score (nSPS) is 19.8. The summed E-state index contributed by atoms with van der Waals surface area (Å²) in [5.74, 6) is -1.49. The van der Waals surface area contributed by atoms with Gasteiger partial charge < -0.3 is 10.0 Å². The van der Waals surface area contributed by atoms with E-state index < -0.39 is 17.7 Å². The fourth-order valence-electron chi connectivity index (χ4n) is 4.85. The second-order valence-corrected chi connectivity index (χ2v) is 9.66. The fourth-order valence-corrected chi connectivity index (χ4v) is 5.11. The minimum atomic E-state index is -0.720.